The van der Waals surface area contributed by atoms with Gasteiger partial charge >= 0.3 is 6.18 Å². The average Bonchev–Trinajstić information content (AvgIpc) is 2.45. The first-order valence-electron chi connectivity index (χ1n) is 7.63. The number of anilines is 1. The molecule has 0 spiro atoms. The Kier molecular flexibility index (Phi) is 5.53. The zero-order valence-corrected chi connectivity index (χ0v) is 13.5. The SMILES string of the molecule is CCC(C1CCC(Nc2ncnc(C)c2Cl)CC1)C(F)(F)F. The van der Waals surface area contributed by atoms with E-state index in [1.807, 2.05) is 0 Å². The summed E-state index contributed by atoms with van der Waals surface area (Å²) in [6, 6.07) is 0.119. The second-order valence-electron chi connectivity index (χ2n) is 5.93. The molecule has 2 rings (SSSR count). The van der Waals surface area contributed by atoms with E-state index in [4.69, 9.17) is 11.6 Å². The van der Waals surface area contributed by atoms with Gasteiger partial charge in [-0.2, -0.15) is 13.2 Å². The van der Waals surface area contributed by atoms with Crippen molar-refractivity contribution in [3.8, 4) is 0 Å². The van der Waals surface area contributed by atoms with E-state index in [1.165, 1.54) is 6.33 Å². The minimum Gasteiger partial charge on any atom is -0.366 e. The third-order valence-corrected chi connectivity index (χ3v) is 4.96. The van der Waals surface area contributed by atoms with Crippen molar-refractivity contribution in [3.05, 3.63) is 17.0 Å². The highest BCUT2D eigenvalue weighted by Crippen LogP contribution is 2.41. The summed E-state index contributed by atoms with van der Waals surface area (Å²) in [5, 5.41) is 3.72. The predicted molar refractivity (Wildman–Crippen MR) is 81.0 cm³/mol. The lowest BCUT2D eigenvalue weighted by molar-refractivity contribution is -0.192. The fourth-order valence-electron chi connectivity index (χ4n) is 3.25. The Balaban J connectivity index is 1.94. The topological polar surface area (TPSA) is 37.8 Å². The van der Waals surface area contributed by atoms with Crippen molar-refractivity contribution in [2.75, 3.05) is 5.32 Å². The lowest BCUT2D eigenvalue weighted by Gasteiger charge is -2.35. The highest BCUT2D eigenvalue weighted by molar-refractivity contribution is 6.33. The van der Waals surface area contributed by atoms with Crippen molar-refractivity contribution < 1.29 is 13.2 Å². The Morgan fingerprint density at radius 2 is 1.91 bits per heavy atom. The van der Waals surface area contributed by atoms with Gasteiger partial charge in [0.1, 0.15) is 17.2 Å². The van der Waals surface area contributed by atoms with Gasteiger partial charge in [0, 0.05) is 6.04 Å². The molecule has 0 bridgehead atoms. The summed E-state index contributed by atoms with van der Waals surface area (Å²) in [5.41, 5.74) is 0.691. The summed E-state index contributed by atoms with van der Waals surface area (Å²) >= 11 is 6.14. The van der Waals surface area contributed by atoms with Crippen LogP contribution in [0.5, 0.6) is 0 Å². The summed E-state index contributed by atoms with van der Waals surface area (Å²) < 4.78 is 39.0. The molecule has 1 atom stereocenters. The van der Waals surface area contributed by atoms with Gasteiger partial charge in [-0.15, -0.1) is 0 Å². The molecule has 1 saturated carbocycles. The van der Waals surface area contributed by atoms with E-state index in [-0.39, 0.29) is 18.4 Å². The van der Waals surface area contributed by atoms with Gasteiger partial charge in [0.2, 0.25) is 0 Å². The fraction of sp³-hybridized carbons (Fsp3) is 0.733. The van der Waals surface area contributed by atoms with E-state index < -0.39 is 12.1 Å². The molecule has 0 saturated heterocycles. The molecule has 1 aromatic heterocycles. The maximum absolute atomic E-state index is 13.0. The van der Waals surface area contributed by atoms with Crippen molar-refractivity contribution in [2.24, 2.45) is 11.8 Å². The van der Waals surface area contributed by atoms with E-state index in [9.17, 15) is 13.2 Å². The van der Waals surface area contributed by atoms with Gasteiger partial charge in [0.15, 0.2) is 0 Å². The number of rotatable bonds is 4. The van der Waals surface area contributed by atoms with Gasteiger partial charge in [-0.25, -0.2) is 9.97 Å². The molecule has 124 valence electrons. The predicted octanol–water partition coefficient (Wildman–Crippen LogP) is 5.00. The van der Waals surface area contributed by atoms with Crippen LogP contribution in [0.1, 0.15) is 44.7 Å². The van der Waals surface area contributed by atoms with Crippen LogP contribution in [-0.2, 0) is 0 Å². The minimum atomic E-state index is -4.09. The van der Waals surface area contributed by atoms with E-state index in [2.05, 4.69) is 15.3 Å². The molecule has 1 aliphatic rings. The van der Waals surface area contributed by atoms with E-state index in [0.29, 0.717) is 42.2 Å². The molecule has 0 aliphatic heterocycles. The summed E-state index contributed by atoms with van der Waals surface area (Å²) in [6.45, 7) is 3.41. The highest BCUT2D eigenvalue weighted by Gasteiger charge is 2.44. The first kappa shape index (κ1) is 17.3. The Morgan fingerprint density at radius 3 is 2.45 bits per heavy atom. The maximum Gasteiger partial charge on any atom is 0.392 e. The molecule has 1 aromatic rings. The molecule has 1 heterocycles. The third kappa shape index (κ3) is 4.03. The van der Waals surface area contributed by atoms with Crippen LogP contribution in [-0.4, -0.2) is 22.2 Å². The maximum atomic E-state index is 13.0. The molecular formula is C15H21ClF3N3. The second kappa shape index (κ2) is 7.02. The van der Waals surface area contributed by atoms with E-state index in [1.54, 1.807) is 13.8 Å². The standard InChI is InChI=1S/C15H21ClF3N3/c1-3-12(15(17,18)19)10-4-6-11(7-5-10)22-14-13(16)9(2)20-8-21-14/h8,10-12H,3-7H2,1-2H3,(H,20,21,22). The molecule has 0 amide bonds. The Bertz CT molecular complexity index is 499. The second-order valence-corrected chi connectivity index (χ2v) is 6.31. The van der Waals surface area contributed by atoms with Crippen LogP contribution in [0, 0.1) is 18.8 Å². The van der Waals surface area contributed by atoms with Gasteiger partial charge in [-0.3, -0.25) is 0 Å². The first-order chi connectivity index (χ1) is 10.3. The Labute approximate surface area is 133 Å². The molecule has 1 N–H and O–H groups in total. The fourth-order valence-corrected chi connectivity index (χ4v) is 3.40. The van der Waals surface area contributed by atoms with Gasteiger partial charge in [0.05, 0.1) is 11.6 Å². The molecule has 1 unspecified atom stereocenters. The quantitative estimate of drug-likeness (QED) is 0.841. The molecular weight excluding hydrogens is 315 g/mol. The number of alkyl halides is 3. The number of nitrogens with zero attached hydrogens (tertiary/aromatic N) is 2. The van der Waals surface area contributed by atoms with Crippen molar-refractivity contribution in [1.29, 1.82) is 0 Å². The number of aryl methyl sites for hydroxylation is 1. The van der Waals surface area contributed by atoms with Crippen molar-refractivity contribution in [1.82, 2.24) is 9.97 Å². The van der Waals surface area contributed by atoms with Crippen molar-refractivity contribution in [2.45, 2.75) is 58.2 Å². The summed E-state index contributed by atoms with van der Waals surface area (Å²) in [4.78, 5) is 8.11. The number of nitrogens with one attached hydrogen (secondary N) is 1. The number of hydrogen-bond acceptors (Lipinski definition) is 3. The summed E-state index contributed by atoms with van der Waals surface area (Å²) in [6.07, 6.45) is 0.0733. The van der Waals surface area contributed by atoms with Gasteiger partial charge < -0.3 is 5.32 Å². The van der Waals surface area contributed by atoms with Crippen LogP contribution in [0.25, 0.3) is 0 Å². The largest absolute Gasteiger partial charge is 0.392 e. The van der Waals surface area contributed by atoms with E-state index in [0.717, 1.165) is 0 Å². The smallest absolute Gasteiger partial charge is 0.366 e. The molecule has 22 heavy (non-hydrogen) atoms. The molecule has 0 aromatic carbocycles. The first-order valence-corrected chi connectivity index (χ1v) is 8.01. The van der Waals surface area contributed by atoms with Crippen molar-refractivity contribution >= 4 is 17.4 Å². The third-order valence-electron chi connectivity index (χ3n) is 4.51. The van der Waals surface area contributed by atoms with Crippen LogP contribution in [0.4, 0.5) is 19.0 Å². The van der Waals surface area contributed by atoms with Crippen LogP contribution >= 0.6 is 11.6 Å². The molecule has 0 radical (unpaired) electrons. The Morgan fingerprint density at radius 1 is 1.27 bits per heavy atom. The number of aromatic nitrogens is 2. The van der Waals surface area contributed by atoms with Crippen LogP contribution in [0.15, 0.2) is 6.33 Å². The van der Waals surface area contributed by atoms with Gasteiger partial charge in [-0.1, -0.05) is 18.5 Å². The molecule has 1 fully saturated rings. The van der Waals surface area contributed by atoms with E-state index >= 15 is 0 Å². The minimum absolute atomic E-state index is 0.119. The Hall–Kier alpha value is -1.04. The van der Waals surface area contributed by atoms with Gasteiger partial charge in [0.25, 0.3) is 0 Å². The lowest BCUT2D eigenvalue weighted by atomic mass is 9.77. The normalized spacial score (nSPS) is 24.1. The monoisotopic (exact) mass is 335 g/mol. The number of halogens is 4. The molecule has 1 aliphatic carbocycles. The summed E-state index contributed by atoms with van der Waals surface area (Å²) in [5.74, 6) is -0.885. The zero-order chi connectivity index (χ0) is 16.3. The van der Waals surface area contributed by atoms with Crippen LogP contribution < -0.4 is 5.32 Å². The molecule has 3 nitrogen and oxygen atoms in total. The number of hydrogen-bond donors (Lipinski definition) is 1. The molecule has 7 heteroatoms. The van der Waals surface area contributed by atoms with Crippen LogP contribution in [0.2, 0.25) is 5.02 Å². The van der Waals surface area contributed by atoms with Crippen LogP contribution in [0.3, 0.4) is 0 Å². The summed E-state index contributed by atoms with van der Waals surface area (Å²) in [7, 11) is 0. The lowest BCUT2D eigenvalue weighted by Crippen LogP contribution is -2.35. The van der Waals surface area contributed by atoms with Gasteiger partial charge in [-0.05, 0) is 44.9 Å². The highest BCUT2D eigenvalue weighted by atomic mass is 35.5. The zero-order valence-electron chi connectivity index (χ0n) is 12.8. The average molecular weight is 336 g/mol. The van der Waals surface area contributed by atoms with Crippen molar-refractivity contribution in [3.63, 3.8) is 0 Å².